The quantitative estimate of drug-likeness (QED) is 0.917. The van der Waals surface area contributed by atoms with Gasteiger partial charge in [0.1, 0.15) is 23.5 Å². The second-order valence-corrected chi connectivity index (χ2v) is 4.88. The van der Waals surface area contributed by atoms with E-state index in [1.807, 2.05) is 0 Å². The van der Waals surface area contributed by atoms with E-state index < -0.39 is 0 Å². The average molecular weight is 283 g/mol. The minimum absolute atomic E-state index is 0.125. The molecule has 21 heavy (non-hydrogen) atoms. The molecule has 0 aliphatic carbocycles. The van der Waals surface area contributed by atoms with Gasteiger partial charge in [0.2, 0.25) is 0 Å². The summed E-state index contributed by atoms with van der Waals surface area (Å²) in [6.45, 7) is 0.601. The van der Waals surface area contributed by atoms with E-state index in [-0.39, 0.29) is 11.9 Å². The van der Waals surface area contributed by atoms with Crippen molar-refractivity contribution in [1.82, 2.24) is 4.98 Å². The minimum atomic E-state index is -0.299. The van der Waals surface area contributed by atoms with Crippen LogP contribution in [0.15, 0.2) is 36.5 Å². The van der Waals surface area contributed by atoms with Crippen molar-refractivity contribution in [3.05, 3.63) is 53.5 Å². The summed E-state index contributed by atoms with van der Waals surface area (Å²) in [6.07, 6.45) is 3.27. The number of benzene rings is 1. The van der Waals surface area contributed by atoms with Gasteiger partial charge in [-0.3, -0.25) is 0 Å². The van der Waals surface area contributed by atoms with Crippen molar-refractivity contribution in [3.8, 4) is 11.8 Å². The van der Waals surface area contributed by atoms with Crippen molar-refractivity contribution in [1.29, 1.82) is 5.26 Å². The summed E-state index contributed by atoms with van der Waals surface area (Å²) in [7, 11) is 0. The summed E-state index contributed by atoms with van der Waals surface area (Å²) in [5, 5.41) is 12.4. The van der Waals surface area contributed by atoms with Gasteiger partial charge in [-0.05, 0) is 43.2 Å². The molecule has 1 aliphatic rings. The van der Waals surface area contributed by atoms with Crippen LogP contribution in [-0.2, 0) is 0 Å². The standard InChI is InChI=1S/C16H14FN3O/c17-12-5-6-15-13(9-12)14(4-2-8-21-15)20-16-11(10-18)3-1-7-19-16/h1,3,5-7,9,14H,2,4,8H2,(H,19,20). The molecule has 106 valence electrons. The molecule has 2 aromatic rings. The van der Waals surface area contributed by atoms with Crippen LogP contribution in [0.2, 0.25) is 0 Å². The molecule has 0 saturated carbocycles. The molecule has 1 atom stereocenters. The Morgan fingerprint density at radius 1 is 1.38 bits per heavy atom. The number of hydrogen-bond acceptors (Lipinski definition) is 4. The van der Waals surface area contributed by atoms with Gasteiger partial charge in [-0.1, -0.05) is 0 Å². The first kappa shape index (κ1) is 13.4. The predicted octanol–water partition coefficient (Wildman–Crippen LogP) is 3.42. The van der Waals surface area contributed by atoms with Crippen LogP contribution in [0, 0.1) is 17.1 Å². The molecule has 2 heterocycles. The lowest BCUT2D eigenvalue weighted by Gasteiger charge is -2.19. The van der Waals surface area contributed by atoms with Gasteiger partial charge in [0.05, 0.1) is 18.2 Å². The van der Waals surface area contributed by atoms with E-state index in [4.69, 9.17) is 10.00 Å². The number of hydrogen-bond donors (Lipinski definition) is 1. The fraction of sp³-hybridized carbons (Fsp3) is 0.250. The summed E-state index contributed by atoms with van der Waals surface area (Å²) in [5.41, 5.74) is 1.24. The number of anilines is 1. The van der Waals surface area contributed by atoms with Gasteiger partial charge in [-0.25, -0.2) is 9.37 Å². The van der Waals surface area contributed by atoms with Gasteiger partial charge in [0.25, 0.3) is 0 Å². The first-order valence-electron chi connectivity index (χ1n) is 6.82. The molecule has 4 nitrogen and oxygen atoms in total. The number of rotatable bonds is 2. The Labute approximate surface area is 122 Å². The lowest BCUT2D eigenvalue weighted by molar-refractivity contribution is 0.316. The van der Waals surface area contributed by atoms with E-state index >= 15 is 0 Å². The number of fused-ring (bicyclic) bond motifs is 1. The molecule has 1 N–H and O–H groups in total. The highest BCUT2D eigenvalue weighted by atomic mass is 19.1. The van der Waals surface area contributed by atoms with E-state index in [9.17, 15) is 4.39 Å². The summed E-state index contributed by atoms with van der Waals surface area (Å²) in [6, 6.07) is 9.92. The Balaban J connectivity index is 1.96. The van der Waals surface area contributed by atoms with Gasteiger partial charge >= 0.3 is 0 Å². The van der Waals surface area contributed by atoms with Crippen molar-refractivity contribution < 1.29 is 9.13 Å². The smallest absolute Gasteiger partial charge is 0.144 e. The molecule has 1 aromatic heterocycles. The second-order valence-electron chi connectivity index (χ2n) is 4.88. The maximum Gasteiger partial charge on any atom is 0.144 e. The number of nitrogens with one attached hydrogen (secondary N) is 1. The van der Waals surface area contributed by atoms with E-state index in [0.29, 0.717) is 23.7 Å². The van der Waals surface area contributed by atoms with Crippen LogP contribution in [0.25, 0.3) is 0 Å². The zero-order chi connectivity index (χ0) is 14.7. The van der Waals surface area contributed by atoms with Crippen LogP contribution in [0.3, 0.4) is 0 Å². The van der Waals surface area contributed by atoms with Gasteiger partial charge in [0, 0.05) is 11.8 Å². The Morgan fingerprint density at radius 3 is 3.14 bits per heavy atom. The minimum Gasteiger partial charge on any atom is -0.493 e. The Hall–Kier alpha value is -2.61. The highest BCUT2D eigenvalue weighted by Crippen LogP contribution is 2.34. The molecule has 1 aliphatic heterocycles. The van der Waals surface area contributed by atoms with Gasteiger partial charge in [-0.15, -0.1) is 0 Å². The highest BCUT2D eigenvalue weighted by Gasteiger charge is 2.21. The van der Waals surface area contributed by atoms with Crippen molar-refractivity contribution >= 4 is 5.82 Å². The molecule has 5 heteroatoms. The Morgan fingerprint density at radius 2 is 2.29 bits per heavy atom. The van der Waals surface area contributed by atoms with Crippen LogP contribution in [0.1, 0.15) is 30.0 Å². The lowest BCUT2D eigenvalue weighted by Crippen LogP contribution is -2.12. The third-order valence-corrected chi connectivity index (χ3v) is 3.48. The zero-order valence-electron chi connectivity index (χ0n) is 11.3. The monoisotopic (exact) mass is 283 g/mol. The first-order valence-corrected chi connectivity index (χ1v) is 6.82. The van der Waals surface area contributed by atoms with Gasteiger partial charge in [0.15, 0.2) is 0 Å². The molecule has 0 bridgehead atoms. The molecule has 1 unspecified atom stereocenters. The second kappa shape index (κ2) is 5.80. The van der Waals surface area contributed by atoms with Crippen LogP contribution in [0.4, 0.5) is 10.2 Å². The molecular weight excluding hydrogens is 269 g/mol. The van der Waals surface area contributed by atoms with Gasteiger partial charge < -0.3 is 10.1 Å². The SMILES string of the molecule is N#Cc1cccnc1NC1CCCOc2ccc(F)cc21. The summed E-state index contributed by atoms with van der Waals surface area (Å²) < 4.78 is 19.2. The normalized spacial score (nSPS) is 17.0. The molecule has 0 amide bonds. The third-order valence-electron chi connectivity index (χ3n) is 3.48. The molecule has 0 radical (unpaired) electrons. The molecule has 0 saturated heterocycles. The number of nitrogens with zero attached hydrogens (tertiary/aromatic N) is 2. The van der Waals surface area contributed by atoms with Crippen LogP contribution in [0.5, 0.6) is 5.75 Å². The van der Waals surface area contributed by atoms with E-state index in [0.717, 1.165) is 18.4 Å². The Bertz CT molecular complexity index is 696. The first-order chi connectivity index (χ1) is 10.3. The van der Waals surface area contributed by atoms with Crippen molar-refractivity contribution in [2.24, 2.45) is 0 Å². The van der Waals surface area contributed by atoms with E-state index in [1.165, 1.54) is 12.1 Å². The summed E-state index contributed by atoms with van der Waals surface area (Å²) in [5.74, 6) is 0.899. The number of halogens is 1. The van der Waals surface area contributed by atoms with E-state index in [2.05, 4.69) is 16.4 Å². The van der Waals surface area contributed by atoms with E-state index in [1.54, 1.807) is 24.4 Å². The molecule has 0 fully saturated rings. The maximum absolute atomic E-state index is 13.5. The topological polar surface area (TPSA) is 57.9 Å². The fourth-order valence-corrected chi connectivity index (χ4v) is 2.47. The molecule has 3 rings (SSSR count). The molecule has 1 aromatic carbocycles. The molecule has 0 spiro atoms. The Kier molecular flexibility index (Phi) is 3.69. The third kappa shape index (κ3) is 2.79. The zero-order valence-corrected chi connectivity index (χ0v) is 11.3. The van der Waals surface area contributed by atoms with Crippen molar-refractivity contribution in [2.75, 3.05) is 11.9 Å². The number of nitriles is 1. The summed E-state index contributed by atoms with van der Waals surface area (Å²) >= 11 is 0. The van der Waals surface area contributed by atoms with Crippen molar-refractivity contribution in [2.45, 2.75) is 18.9 Å². The number of aromatic nitrogens is 1. The largest absolute Gasteiger partial charge is 0.493 e. The highest BCUT2D eigenvalue weighted by molar-refractivity contribution is 5.53. The van der Waals surface area contributed by atoms with Crippen LogP contribution < -0.4 is 10.1 Å². The van der Waals surface area contributed by atoms with Crippen molar-refractivity contribution in [3.63, 3.8) is 0 Å². The van der Waals surface area contributed by atoms with Crippen LogP contribution >= 0.6 is 0 Å². The summed E-state index contributed by atoms with van der Waals surface area (Å²) in [4.78, 5) is 4.20. The molecular formula is C16H14FN3O. The lowest BCUT2D eigenvalue weighted by atomic mass is 10.0. The fourth-order valence-electron chi connectivity index (χ4n) is 2.47. The maximum atomic E-state index is 13.5. The van der Waals surface area contributed by atoms with Crippen LogP contribution in [-0.4, -0.2) is 11.6 Å². The predicted molar refractivity (Wildman–Crippen MR) is 76.4 cm³/mol. The number of pyridine rings is 1. The average Bonchev–Trinajstić information content (AvgIpc) is 2.70. The number of ether oxygens (including phenoxy) is 1. The van der Waals surface area contributed by atoms with Gasteiger partial charge in [-0.2, -0.15) is 5.26 Å².